The normalized spacial score (nSPS) is 23.3. The van der Waals surface area contributed by atoms with Crippen molar-refractivity contribution < 1.29 is 9.84 Å². The third-order valence-electron chi connectivity index (χ3n) is 4.58. The number of rotatable bonds is 5. The molecule has 6 nitrogen and oxygen atoms in total. The van der Waals surface area contributed by atoms with Crippen molar-refractivity contribution in [3.63, 3.8) is 0 Å². The summed E-state index contributed by atoms with van der Waals surface area (Å²) in [4.78, 5) is 9.57. The highest BCUT2D eigenvalue weighted by atomic mass is 16.5. The molecule has 134 valence electrons. The van der Waals surface area contributed by atoms with Gasteiger partial charge in [-0.25, -0.2) is 0 Å². The van der Waals surface area contributed by atoms with Gasteiger partial charge in [-0.15, -0.1) is 0 Å². The molecule has 2 rings (SSSR count). The van der Waals surface area contributed by atoms with Gasteiger partial charge < -0.3 is 20.1 Å². The largest absolute Gasteiger partial charge is 0.388 e. The van der Waals surface area contributed by atoms with Crippen LogP contribution >= 0.6 is 0 Å². The van der Waals surface area contributed by atoms with Gasteiger partial charge in [0.1, 0.15) is 0 Å². The molecular weight excluding hydrogens is 292 g/mol. The Morgan fingerprint density at radius 3 is 2.43 bits per heavy atom. The zero-order valence-electron chi connectivity index (χ0n) is 15.1. The molecule has 0 unspecified atom stereocenters. The standard InChI is InChI=1S/C17H34N4O2/c1-4-18-16(19-14-17(22)5-11-23-12-6-17)21-9-7-20(8-10-21)13-15(2)3/h15,22H,4-14H2,1-3H3,(H,18,19). The van der Waals surface area contributed by atoms with Crippen LogP contribution in [0.4, 0.5) is 0 Å². The Labute approximate surface area is 140 Å². The molecule has 0 saturated carbocycles. The monoisotopic (exact) mass is 326 g/mol. The van der Waals surface area contributed by atoms with E-state index in [-0.39, 0.29) is 0 Å². The second kappa shape index (κ2) is 8.85. The summed E-state index contributed by atoms with van der Waals surface area (Å²) < 4.78 is 5.34. The Bertz CT molecular complexity index is 373. The topological polar surface area (TPSA) is 60.3 Å². The van der Waals surface area contributed by atoms with E-state index in [1.54, 1.807) is 0 Å². The second-order valence-electron chi connectivity index (χ2n) is 7.19. The van der Waals surface area contributed by atoms with Gasteiger partial charge in [0.2, 0.25) is 0 Å². The summed E-state index contributed by atoms with van der Waals surface area (Å²) in [6.07, 6.45) is 1.36. The van der Waals surface area contributed by atoms with Crippen LogP contribution in [0, 0.1) is 5.92 Å². The van der Waals surface area contributed by atoms with Crippen LogP contribution in [-0.4, -0.2) is 85.5 Å². The van der Waals surface area contributed by atoms with Gasteiger partial charge in [0.15, 0.2) is 5.96 Å². The molecule has 0 radical (unpaired) electrons. The predicted octanol–water partition coefficient (Wildman–Crippen LogP) is 0.767. The van der Waals surface area contributed by atoms with Crippen molar-refractivity contribution in [2.75, 3.05) is 59.0 Å². The van der Waals surface area contributed by atoms with E-state index in [0.29, 0.717) is 38.5 Å². The fourth-order valence-corrected chi connectivity index (χ4v) is 3.22. The lowest BCUT2D eigenvalue weighted by molar-refractivity contribution is -0.0567. The quantitative estimate of drug-likeness (QED) is 0.577. The molecule has 0 bridgehead atoms. The first-order valence-corrected chi connectivity index (χ1v) is 9.08. The molecular formula is C17H34N4O2. The van der Waals surface area contributed by atoms with Crippen molar-refractivity contribution in [1.82, 2.24) is 15.1 Å². The summed E-state index contributed by atoms with van der Waals surface area (Å²) in [5.74, 6) is 1.66. The van der Waals surface area contributed by atoms with Gasteiger partial charge in [-0.05, 0) is 12.8 Å². The maximum atomic E-state index is 10.6. The molecule has 0 aliphatic carbocycles. The molecule has 2 heterocycles. The van der Waals surface area contributed by atoms with Crippen LogP contribution in [0.1, 0.15) is 33.6 Å². The van der Waals surface area contributed by atoms with Crippen LogP contribution in [0.15, 0.2) is 4.99 Å². The lowest BCUT2D eigenvalue weighted by Gasteiger charge is -2.38. The first-order valence-electron chi connectivity index (χ1n) is 9.08. The summed E-state index contributed by atoms with van der Waals surface area (Å²) >= 11 is 0. The molecule has 0 aromatic rings. The number of ether oxygens (including phenoxy) is 1. The molecule has 23 heavy (non-hydrogen) atoms. The number of guanidine groups is 1. The Morgan fingerprint density at radius 1 is 1.22 bits per heavy atom. The van der Waals surface area contributed by atoms with E-state index in [4.69, 9.17) is 9.73 Å². The Hall–Kier alpha value is -0.850. The molecule has 0 aromatic carbocycles. The third kappa shape index (κ3) is 5.94. The van der Waals surface area contributed by atoms with Crippen molar-refractivity contribution in [2.45, 2.75) is 39.2 Å². The van der Waals surface area contributed by atoms with Crippen LogP contribution in [0.2, 0.25) is 0 Å². The zero-order valence-corrected chi connectivity index (χ0v) is 15.1. The summed E-state index contributed by atoms with van der Waals surface area (Å²) in [5, 5.41) is 14.0. The van der Waals surface area contributed by atoms with Crippen LogP contribution in [0.3, 0.4) is 0 Å². The van der Waals surface area contributed by atoms with Gasteiger partial charge in [-0.3, -0.25) is 9.89 Å². The SMILES string of the molecule is CCNC(=NCC1(O)CCOCC1)N1CCN(CC(C)C)CC1. The lowest BCUT2D eigenvalue weighted by atomic mass is 9.95. The van der Waals surface area contributed by atoms with E-state index in [2.05, 4.69) is 35.9 Å². The first kappa shape index (κ1) is 18.5. The summed E-state index contributed by atoms with van der Waals surface area (Å²) in [5.41, 5.74) is -0.696. The van der Waals surface area contributed by atoms with Gasteiger partial charge in [-0.2, -0.15) is 0 Å². The van der Waals surface area contributed by atoms with E-state index in [1.807, 2.05) is 0 Å². The van der Waals surface area contributed by atoms with Crippen molar-refractivity contribution >= 4 is 5.96 Å². The van der Waals surface area contributed by atoms with E-state index >= 15 is 0 Å². The molecule has 2 aliphatic heterocycles. The molecule has 2 saturated heterocycles. The summed E-state index contributed by atoms with van der Waals surface area (Å²) in [6.45, 7) is 14.6. The van der Waals surface area contributed by atoms with Crippen LogP contribution in [0.5, 0.6) is 0 Å². The summed E-state index contributed by atoms with van der Waals surface area (Å²) in [6, 6.07) is 0. The second-order valence-corrected chi connectivity index (χ2v) is 7.19. The molecule has 2 aliphatic rings. The Morgan fingerprint density at radius 2 is 1.87 bits per heavy atom. The number of aliphatic imine (C=N–C) groups is 1. The van der Waals surface area contributed by atoms with E-state index in [9.17, 15) is 5.11 Å². The van der Waals surface area contributed by atoms with Crippen LogP contribution in [-0.2, 0) is 4.74 Å². The van der Waals surface area contributed by atoms with Crippen molar-refractivity contribution in [3.05, 3.63) is 0 Å². The average Bonchev–Trinajstić information content (AvgIpc) is 2.52. The fraction of sp³-hybridized carbons (Fsp3) is 0.941. The highest BCUT2D eigenvalue weighted by Crippen LogP contribution is 2.20. The van der Waals surface area contributed by atoms with E-state index in [0.717, 1.165) is 38.7 Å². The van der Waals surface area contributed by atoms with Crippen molar-refractivity contribution in [2.24, 2.45) is 10.9 Å². The van der Waals surface area contributed by atoms with E-state index in [1.165, 1.54) is 6.54 Å². The van der Waals surface area contributed by atoms with Gasteiger partial charge in [0.05, 0.1) is 12.1 Å². The predicted molar refractivity (Wildman–Crippen MR) is 93.8 cm³/mol. The minimum Gasteiger partial charge on any atom is -0.388 e. The summed E-state index contributed by atoms with van der Waals surface area (Å²) in [7, 11) is 0. The van der Waals surface area contributed by atoms with Crippen LogP contribution < -0.4 is 5.32 Å². The third-order valence-corrected chi connectivity index (χ3v) is 4.58. The van der Waals surface area contributed by atoms with E-state index < -0.39 is 5.60 Å². The number of nitrogens with one attached hydrogen (secondary N) is 1. The van der Waals surface area contributed by atoms with Gasteiger partial charge >= 0.3 is 0 Å². The van der Waals surface area contributed by atoms with Gasteiger partial charge in [0, 0.05) is 65.3 Å². The lowest BCUT2D eigenvalue weighted by Crippen LogP contribution is -2.53. The number of nitrogens with zero attached hydrogens (tertiary/aromatic N) is 3. The van der Waals surface area contributed by atoms with Crippen molar-refractivity contribution in [1.29, 1.82) is 0 Å². The molecule has 0 atom stereocenters. The highest BCUT2D eigenvalue weighted by molar-refractivity contribution is 5.80. The number of aliphatic hydroxyl groups is 1. The maximum Gasteiger partial charge on any atom is 0.194 e. The number of hydrogen-bond donors (Lipinski definition) is 2. The maximum absolute atomic E-state index is 10.6. The van der Waals surface area contributed by atoms with Gasteiger partial charge in [-0.1, -0.05) is 13.8 Å². The zero-order chi connectivity index (χ0) is 16.7. The average molecular weight is 326 g/mol. The van der Waals surface area contributed by atoms with Gasteiger partial charge in [0.25, 0.3) is 0 Å². The minimum absolute atomic E-state index is 0.463. The Balaban J connectivity index is 1.89. The minimum atomic E-state index is -0.696. The number of piperazine rings is 1. The molecule has 0 spiro atoms. The molecule has 0 aromatic heterocycles. The van der Waals surface area contributed by atoms with Crippen molar-refractivity contribution in [3.8, 4) is 0 Å². The molecule has 6 heteroatoms. The molecule has 2 fully saturated rings. The molecule has 2 N–H and O–H groups in total. The van der Waals surface area contributed by atoms with Crippen LogP contribution in [0.25, 0.3) is 0 Å². The fourth-order valence-electron chi connectivity index (χ4n) is 3.22. The smallest absolute Gasteiger partial charge is 0.194 e. The highest BCUT2D eigenvalue weighted by Gasteiger charge is 2.30. The first-order chi connectivity index (χ1) is 11.0. The number of hydrogen-bond acceptors (Lipinski definition) is 4. The molecule has 0 amide bonds. The Kier molecular flexibility index (Phi) is 7.11.